The van der Waals surface area contributed by atoms with Crippen molar-refractivity contribution < 1.29 is 9.47 Å². The zero-order valence-electron chi connectivity index (χ0n) is 24.1. The summed E-state index contributed by atoms with van der Waals surface area (Å²) in [5.74, 6) is 3.19. The second-order valence-electron chi connectivity index (χ2n) is 10.9. The molecule has 4 N–H and O–H groups in total. The Hall–Kier alpha value is -3.92. The first kappa shape index (κ1) is 29.1. The molecule has 0 fully saturated rings. The van der Waals surface area contributed by atoms with Gasteiger partial charge in [-0.2, -0.15) is 0 Å². The van der Waals surface area contributed by atoms with E-state index in [4.69, 9.17) is 20.9 Å². The fourth-order valence-electron chi connectivity index (χ4n) is 5.19. The minimum Gasteiger partial charge on any atom is -0.457 e. The maximum atomic E-state index is 6.06. The van der Waals surface area contributed by atoms with Gasteiger partial charge in [0.05, 0.1) is 0 Å². The van der Waals surface area contributed by atoms with Crippen LogP contribution in [0.5, 0.6) is 23.0 Å². The maximum absolute atomic E-state index is 6.06. The summed E-state index contributed by atoms with van der Waals surface area (Å²) in [4.78, 5) is 0. The normalized spacial score (nSPS) is 11.3. The van der Waals surface area contributed by atoms with Crippen molar-refractivity contribution >= 4 is 11.4 Å². The molecule has 0 saturated carbocycles. The number of rotatable bonds is 15. The average Bonchev–Trinajstić information content (AvgIpc) is 2.97. The highest BCUT2D eigenvalue weighted by molar-refractivity contribution is 5.47. The molecule has 0 aliphatic carbocycles. The molecule has 0 spiro atoms. The molecule has 4 aromatic rings. The molecule has 0 aliphatic heterocycles. The topological polar surface area (TPSA) is 70.5 Å². The maximum Gasteiger partial charge on any atom is 0.127 e. The van der Waals surface area contributed by atoms with Gasteiger partial charge in [0.15, 0.2) is 0 Å². The van der Waals surface area contributed by atoms with E-state index in [-0.39, 0.29) is 5.41 Å². The second kappa shape index (κ2) is 14.5. The summed E-state index contributed by atoms with van der Waals surface area (Å²) in [7, 11) is 0. The highest BCUT2D eigenvalue weighted by Gasteiger charge is 2.28. The Kier molecular flexibility index (Phi) is 10.5. The number of unbranched alkanes of at least 4 members (excludes halogenated alkanes) is 7. The summed E-state index contributed by atoms with van der Waals surface area (Å²) < 4.78 is 12.1. The fourth-order valence-corrected chi connectivity index (χ4v) is 5.19. The molecule has 0 radical (unpaired) electrons. The zero-order chi connectivity index (χ0) is 28.2. The summed E-state index contributed by atoms with van der Waals surface area (Å²) in [5, 5.41) is 0. The molecule has 4 rings (SSSR count). The van der Waals surface area contributed by atoms with Gasteiger partial charge in [-0.25, -0.2) is 0 Å². The second-order valence-corrected chi connectivity index (χ2v) is 10.9. The molecule has 0 atom stereocenters. The van der Waals surface area contributed by atoms with Gasteiger partial charge in [-0.1, -0.05) is 89.5 Å². The predicted molar refractivity (Wildman–Crippen MR) is 168 cm³/mol. The lowest BCUT2D eigenvalue weighted by molar-refractivity contribution is 0.462. The lowest BCUT2D eigenvalue weighted by Gasteiger charge is -2.31. The van der Waals surface area contributed by atoms with Crippen molar-refractivity contribution in [1.82, 2.24) is 0 Å². The lowest BCUT2D eigenvalue weighted by Crippen LogP contribution is -2.23. The highest BCUT2D eigenvalue weighted by Crippen LogP contribution is 2.39. The summed E-state index contributed by atoms with van der Waals surface area (Å²) in [5.41, 5.74) is 15.5. The van der Waals surface area contributed by atoms with E-state index in [2.05, 4.69) is 62.4 Å². The molecule has 0 heterocycles. The van der Waals surface area contributed by atoms with E-state index in [1.807, 2.05) is 48.5 Å². The largest absolute Gasteiger partial charge is 0.457 e. The number of nitrogens with two attached hydrogens (primary N) is 2. The predicted octanol–water partition coefficient (Wildman–Crippen LogP) is 10.3. The minimum atomic E-state index is -0.123. The van der Waals surface area contributed by atoms with Gasteiger partial charge in [0.1, 0.15) is 23.0 Å². The average molecular weight is 537 g/mol. The van der Waals surface area contributed by atoms with Crippen LogP contribution < -0.4 is 20.9 Å². The van der Waals surface area contributed by atoms with Crippen LogP contribution >= 0.6 is 0 Å². The van der Waals surface area contributed by atoms with Crippen LogP contribution in [0.4, 0.5) is 11.4 Å². The Morgan fingerprint density at radius 1 is 0.475 bits per heavy atom. The molecular formula is C36H44N2O2. The molecule has 0 saturated heterocycles. The van der Waals surface area contributed by atoms with Crippen LogP contribution in [-0.4, -0.2) is 0 Å². The van der Waals surface area contributed by atoms with Crippen LogP contribution in [0.15, 0.2) is 97.1 Å². The van der Waals surface area contributed by atoms with Gasteiger partial charge in [-0.05, 0) is 90.3 Å². The Morgan fingerprint density at radius 2 is 0.800 bits per heavy atom. The van der Waals surface area contributed by atoms with E-state index in [0.717, 1.165) is 40.8 Å². The minimum absolute atomic E-state index is 0.123. The third kappa shape index (κ3) is 8.29. The number of hydrogen-bond acceptors (Lipinski definition) is 4. The number of anilines is 2. The molecular weight excluding hydrogens is 492 g/mol. The lowest BCUT2D eigenvalue weighted by atomic mass is 9.72. The van der Waals surface area contributed by atoms with Gasteiger partial charge in [-0.15, -0.1) is 0 Å². The monoisotopic (exact) mass is 536 g/mol. The van der Waals surface area contributed by atoms with E-state index in [1.165, 1.54) is 62.5 Å². The number of benzene rings is 4. The molecule has 0 amide bonds. The Balaban J connectivity index is 1.47. The summed E-state index contributed by atoms with van der Waals surface area (Å²) in [6, 6.07) is 32.1. The van der Waals surface area contributed by atoms with Gasteiger partial charge >= 0.3 is 0 Å². The van der Waals surface area contributed by atoms with E-state index in [0.29, 0.717) is 0 Å². The Bertz CT molecular complexity index is 1190. The molecule has 0 unspecified atom stereocenters. The smallest absolute Gasteiger partial charge is 0.127 e. The van der Waals surface area contributed by atoms with Crippen LogP contribution in [0.3, 0.4) is 0 Å². The standard InChI is InChI=1S/C36H44N2O2/c1-3-4-5-6-7-8-9-10-27-36(2,28-11-19-32(20-12-28)39-34-23-15-30(37)16-24-34)29-13-21-33(22-14-29)40-35-25-17-31(38)18-26-35/h11-26H,3-10,27,37-38H2,1-2H3. The van der Waals surface area contributed by atoms with Crippen molar-refractivity contribution in [2.24, 2.45) is 0 Å². The van der Waals surface area contributed by atoms with Gasteiger partial charge in [0.25, 0.3) is 0 Å². The van der Waals surface area contributed by atoms with Crippen LogP contribution in [0, 0.1) is 0 Å². The molecule has 4 aromatic carbocycles. The first-order chi connectivity index (χ1) is 19.5. The molecule has 210 valence electrons. The van der Waals surface area contributed by atoms with Gasteiger partial charge in [-0.3, -0.25) is 0 Å². The number of nitrogen functional groups attached to an aromatic ring is 2. The van der Waals surface area contributed by atoms with Crippen molar-refractivity contribution in [3.8, 4) is 23.0 Å². The van der Waals surface area contributed by atoms with Crippen molar-refractivity contribution in [1.29, 1.82) is 0 Å². The molecule has 0 bridgehead atoms. The SMILES string of the molecule is CCCCCCCCCCC(C)(c1ccc(Oc2ccc(N)cc2)cc1)c1ccc(Oc2ccc(N)cc2)cc1. The van der Waals surface area contributed by atoms with Crippen LogP contribution in [-0.2, 0) is 5.41 Å². The van der Waals surface area contributed by atoms with Gasteiger partial charge in [0, 0.05) is 16.8 Å². The van der Waals surface area contributed by atoms with E-state index in [9.17, 15) is 0 Å². The molecule has 0 aliphatic rings. The first-order valence-electron chi connectivity index (χ1n) is 14.7. The van der Waals surface area contributed by atoms with Crippen molar-refractivity contribution in [3.05, 3.63) is 108 Å². The Labute approximate surface area is 240 Å². The summed E-state index contributed by atoms with van der Waals surface area (Å²) in [6.07, 6.45) is 11.6. The number of hydrogen-bond donors (Lipinski definition) is 2. The molecule has 4 nitrogen and oxygen atoms in total. The van der Waals surface area contributed by atoms with Gasteiger partial charge in [0.2, 0.25) is 0 Å². The molecule has 40 heavy (non-hydrogen) atoms. The zero-order valence-corrected chi connectivity index (χ0v) is 24.1. The van der Waals surface area contributed by atoms with Crippen molar-refractivity contribution in [3.63, 3.8) is 0 Å². The first-order valence-corrected chi connectivity index (χ1v) is 14.7. The Morgan fingerprint density at radius 3 is 1.18 bits per heavy atom. The fraction of sp³-hybridized carbons (Fsp3) is 0.333. The summed E-state index contributed by atoms with van der Waals surface area (Å²) >= 11 is 0. The molecule has 4 heteroatoms. The summed E-state index contributed by atoms with van der Waals surface area (Å²) in [6.45, 7) is 4.63. The molecule has 0 aromatic heterocycles. The number of ether oxygens (including phenoxy) is 2. The highest BCUT2D eigenvalue weighted by atomic mass is 16.5. The van der Waals surface area contributed by atoms with Gasteiger partial charge < -0.3 is 20.9 Å². The third-order valence-corrected chi connectivity index (χ3v) is 7.74. The van der Waals surface area contributed by atoms with Crippen molar-refractivity contribution in [2.45, 2.75) is 77.0 Å². The van der Waals surface area contributed by atoms with Crippen LogP contribution in [0.2, 0.25) is 0 Å². The van der Waals surface area contributed by atoms with Crippen LogP contribution in [0.1, 0.15) is 82.8 Å². The third-order valence-electron chi connectivity index (χ3n) is 7.74. The van der Waals surface area contributed by atoms with E-state index < -0.39 is 0 Å². The van der Waals surface area contributed by atoms with E-state index >= 15 is 0 Å². The van der Waals surface area contributed by atoms with Crippen molar-refractivity contribution in [2.75, 3.05) is 11.5 Å². The van der Waals surface area contributed by atoms with Crippen LogP contribution in [0.25, 0.3) is 0 Å². The quantitative estimate of drug-likeness (QED) is 0.117. The van der Waals surface area contributed by atoms with E-state index in [1.54, 1.807) is 0 Å².